The molecule has 160 valence electrons. The third-order valence-corrected chi connectivity index (χ3v) is 5.27. The van der Waals surface area contributed by atoms with Crippen LogP contribution in [0.1, 0.15) is 23.6 Å². The lowest BCUT2D eigenvalue weighted by atomic mass is 10.00. The molecule has 31 heavy (non-hydrogen) atoms. The third kappa shape index (κ3) is 3.94. The number of aryl methyl sites for hydroxylation is 2. The Hall–Kier alpha value is -3.52. The van der Waals surface area contributed by atoms with Crippen molar-refractivity contribution < 1.29 is 14.3 Å². The molecule has 2 aromatic carbocycles. The van der Waals surface area contributed by atoms with E-state index in [0.29, 0.717) is 17.2 Å². The van der Waals surface area contributed by atoms with Crippen molar-refractivity contribution in [3.05, 3.63) is 65.0 Å². The second kappa shape index (κ2) is 8.31. The normalized spacial score (nSPS) is 14.1. The van der Waals surface area contributed by atoms with Crippen molar-refractivity contribution in [2.45, 2.75) is 33.4 Å². The van der Waals surface area contributed by atoms with Crippen molar-refractivity contribution in [2.75, 3.05) is 16.8 Å². The van der Waals surface area contributed by atoms with Gasteiger partial charge in [-0.3, -0.25) is 0 Å². The quantitative estimate of drug-likeness (QED) is 0.578. The summed E-state index contributed by atoms with van der Waals surface area (Å²) < 4.78 is 13.7. The molecule has 3 aromatic rings. The van der Waals surface area contributed by atoms with Gasteiger partial charge in [-0.2, -0.15) is 4.98 Å². The van der Waals surface area contributed by atoms with Crippen LogP contribution in [0, 0.1) is 19.7 Å². The number of aliphatic hydroxyl groups excluding tert-OH is 1. The standard InChI is InChI=1S/C23H24FN5O2/c1-13-6-4-5-7-19(13)29-21-18(11-25-23(29)31)20(17-9-8-16(24)10-14(17)2)27-22(28-21)26-15(3)12-30/h4-10,15,30H,11-12H2,1-3H3,(H,25,31)(H,26,27,28)/t15-/m1/s1. The molecule has 1 aromatic heterocycles. The van der Waals surface area contributed by atoms with Crippen molar-refractivity contribution >= 4 is 23.5 Å². The summed E-state index contributed by atoms with van der Waals surface area (Å²) in [4.78, 5) is 23.8. The van der Waals surface area contributed by atoms with E-state index in [1.807, 2.05) is 38.1 Å². The number of urea groups is 1. The zero-order valence-corrected chi connectivity index (χ0v) is 17.6. The van der Waals surface area contributed by atoms with Gasteiger partial charge in [-0.1, -0.05) is 18.2 Å². The molecule has 4 rings (SSSR count). The maximum absolute atomic E-state index is 13.7. The Morgan fingerprint density at radius 1 is 1.19 bits per heavy atom. The summed E-state index contributed by atoms with van der Waals surface area (Å²) >= 11 is 0. The molecule has 0 spiro atoms. The minimum atomic E-state index is -0.328. The van der Waals surface area contributed by atoms with Crippen molar-refractivity contribution in [3.63, 3.8) is 0 Å². The Bertz CT molecular complexity index is 1150. The monoisotopic (exact) mass is 421 g/mol. The molecular formula is C23H24FN5O2. The highest BCUT2D eigenvalue weighted by molar-refractivity contribution is 6.02. The summed E-state index contributed by atoms with van der Waals surface area (Å²) in [6.45, 7) is 5.69. The topological polar surface area (TPSA) is 90.4 Å². The smallest absolute Gasteiger partial charge is 0.328 e. The number of carbonyl (C=O) groups excluding carboxylic acids is 1. The molecule has 1 aliphatic rings. The van der Waals surface area contributed by atoms with E-state index in [1.54, 1.807) is 13.0 Å². The summed E-state index contributed by atoms with van der Waals surface area (Å²) in [5, 5.41) is 15.4. The van der Waals surface area contributed by atoms with Crippen molar-refractivity contribution in [3.8, 4) is 11.3 Å². The molecule has 0 saturated carbocycles. The van der Waals surface area contributed by atoms with Crippen LogP contribution >= 0.6 is 0 Å². The first-order valence-corrected chi connectivity index (χ1v) is 10.1. The van der Waals surface area contributed by atoms with Gasteiger partial charge < -0.3 is 15.7 Å². The average Bonchev–Trinajstić information content (AvgIpc) is 2.74. The van der Waals surface area contributed by atoms with Crippen LogP contribution in [0.2, 0.25) is 0 Å². The zero-order chi connectivity index (χ0) is 22.1. The molecule has 3 N–H and O–H groups in total. The van der Waals surface area contributed by atoms with E-state index in [-0.39, 0.29) is 37.0 Å². The number of fused-ring (bicyclic) bond motifs is 1. The summed E-state index contributed by atoms with van der Waals surface area (Å²) in [5.41, 5.74) is 4.44. The predicted octanol–water partition coefficient (Wildman–Crippen LogP) is 4.05. The van der Waals surface area contributed by atoms with Gasteiger partial charge in [0.05, 0.1) is 24.5 Å². The number of aliphatic hydroxyl groups is 1. The number of nitrogens with zero attached hydrogens (tertiary/aromatic N) is 3. The van der Waals surface area contributed by atoms with E-state index >= 15 is 0 Å². The number of anilines is 3. The molecule has 0 saturated heterocycles. The number of para-hydroxylation sites is 1. The molecule has 1 aliphatic heterocycles. The highest BCUT2D eigenvalue weighted by Crippen LogP contribution is 2.38. The number of halogens is 1. The lowest BCUT2D eigenvalue weighted by Gasteiger charge is -2.31. The number of rotatable bonds is 5. The van der Waals surface area contributed by atoms with Gasteiger partial charge in [0, 0.05) is 17.2 Å². The molecule has 7 nitrogen and oxygen atoms in total. The minimum absolute atomic E-state index is 0.104. The highest BCUT2D eigenvalue weighted by Gasteiger charge is 2.31. The molecule has 1 atom stereocenters. The summed E-state index contributed by atoms with van der Waals surface area (Å²) in [5.74, 6) is 0.415. The SMILES string of the molecule is Cc1cc(F)ccc1-c1nc(N[C@H](C)CO)nc2c1CNC(=O)N2c1ccccc1C. The first-order chi connectivity index (χ1) is 14.9. The van der Waals surface area contributed by atoms with Gasteiger partial charge >= 0.3 is 6.03 Å². The second-order valence-corrected chi connectivity index (χ2v) is 7.67. The second-order valence-electron chi connectivity index (χ2n) is 7.67. The highest BCUT2D eigenvalue weighted by atomic mass is 19.1. The first-order valence-electron chi connectivity index (χ1n) is 10.1. The average molecular weight is 421 g/mol. The molecule has 0 fully saturated rings. The van der Waals surface area contributed by atoms with Crippen molar-refractivity contribution in [2.24, 2.45) is 0 Å². The number of amides is 2. The Labute approximate surface area is 180 Å². The lowest BCUT2D eigenvalue weighted by Crippen LogP contribution is -2.42. The number of carbonyl (C=O) groups is 1. The van der Waals surface area contributed by atoms with Gasteiger partial charge in [0.2, 0.25) is 5.95 Å². The number of benzene rings is 2. The van der Waals surface area contributed by atoms with E-state index < -0.39 is 0 Å². The van der Waals surface area contributed by atoms with Crippen LogP contribution in [0.3, 0.4) is 0 Å². The fourth-order valence-electron chi connectivity index (χ4n) is 3.64. The number of hydrogen-bond acceptors (Lipinski definition) is 5. The number of hydrogen-bond donors (Lipinski definition) is 3. The van der Waals surface area contributed by atoms with Crippen LogP contribution in [0.25, 0.3) is 11.3 Å². The van der Waals surface area contributed by atoms with Crippen LogP contribution in [-0.2, 0) is 6.54 Å². The van der Waals surface area contributed by atoms with Crippen LogP contribution < -0.4 is 15.5 Å². The van der Waals surface area contributed by atoms with Crippen LogP contribution in [0.4, 0.5) is 26.6 Å². The van der Waals surface area contributed by atoms with Gasteiger partial charge in [-0.05, 0) is 56.2 Å². The lowest BCUT2D eigenvalue weighted by molar-refractivity contribution is 0.246. The fraction of sp³-hybridized carbons (Fsp3) is 0.261. The van der Waals surface area contributed by atoms with Crippen LogP contribution in [0.15, 0.2) is 42.5 Å². The summed E-state index contributed by atoms with van der Waals surface area (Å²) in [7, 11) is 0. The molecular weight excluding hydrogens is 397 g/mol. The maximum atomic E-state index is 13.7. The molecule has 2 amide bonds. The predicted molar refractivity (Wildman–Crippen MR) is 118 cm³/mol. The van der Waals surface area contributed by atoms with Crippen LogP contribution in [0.5, 0.6) is 0 Å². The zero-order valence-electron chi connectivity index (χ0n) is 17.6. The molecule has 0 bridgehead atoms. The van der Waals surface area contributed by atoms with Crippen molar-refractivity contribution in [1.29, 1.82) is 0 Å². The van der Waals surface area contributed by atoms with Gasteiger partial charge in [0.15, 0.2) is 5.82 Å². The molecule has 0 aliphatic carbocycles. The van der Waals surface area contributed by atoms with Gasteiger partial charge in [0.1, 0.15) is 5.82 Å². The van der Waals surface area contributed by atoms with E-state index in [4.69, 9.17) is 0 Å². The number of aromatic nitrogens is 2. The minimum Gasteiger partial charge on any atom is -0.394 e. The van der Waals surface area contributed by atoms with E-state index in [0.717, 1.165) is 22.3 Å². The van der Waals surface area contributed by atoms with Gasteiger partial charge in [0.25, 0.3) is 0 Å². The van der Waals surface area contributed by atoms with Crippen molar-refractivity contribution in [1.82, 2.24) is 15.3 Å². The third-order valence-electron chi connectivity index (χ3n) is 5.27. The Morgan fingerprint density at radius 2 is 1.97 bits per heavy atom. The van der Waals surface area contributed by atoms with Gasteiger partial charge in [-0.15, -0.1) is 0 Å². The fourth-order valence-corrected chi connectivity index (χ4v) is 3.64. The van der Waals surface area contributed by atoms with Crippen LogP contribution in [-0.4, -0.2) is 33.8 Å². The summed E-state index contributed by atoms with van der Waals surface area (Å²) in [6, 6.07) is 11.5. The first kappa shape index (κ1) is 20.7. The Morgan fingerprint density at radius 3 is 2.68 bits per heavy atom. The summed E-state index contributed by atoms with van der Waals surface area (Å²) in [6.07, 6.45) is 0. The van der Waals surface area contributed by atoms with E-state index in [1.165, 1.54) is 17.0 Å². The Balaban J connectivity index is 1.96. The van der Waals surface area contributed by atoms with Gasteiger partial charge in [-0.25, -0.2) is 19.1 Å². The maximum Gasteiger partial charge on any atom is 0.328 e. The molecule has 0 unspecified atom stereocenters. The number of nitrogens with one attached hydrogen (secondary N) is 2. The molecule has 0 radical (unpaired) electrons. The largest absolute Gasteiger partial charge is 0.394 e. The molecule has 2 heterocycles. The van der Waals surface area contributed by atoms with E-state index in [2.05, 4.69) is 20.6 Å². The molecule has 8 heteroatoms. The Kier molecular flexibility index (Phi) is 5.56. The van der Waals surface area contributed by atoms with E-state index in [9.17, 15) is 14.3 Å².